The van der Waals surface area contributed by atoms with Crippen molar-refractivity contribution in [2.45, 2.75) is 6.54 Å². The summed E-state index contributed by atoms with van der Waals surface area (Å²) in [5, 5.41) is 3.26. The molecule has 130 valence electrons. The van der Waals surface area contributed by atoms with E-state index in [9.17, 15) is 4.39 Å². The number of hydrogen-bond donors (Lipinski definition) is 2. The quantitative estimate of drug-likeness (QED) is 0.499. The minimum atomic E-state index is -0.295. The molecule has 3 N–H and O–H groups in total. The Labute approximate surface area is 152 Å². The average Bonchev–Trinajstić information content (AvgIpc) is 2.68. The van der Waals surface area contributed by atoms with Gasteiger partial charge >= 0.3 is 0 Å². The molecule has 2 aromatic carbocycles. The van der Waals surface area contributed by atoms with Crippen LogP contribution < -0.4 is 11.1 Å². The van der Waals surface area contributed by atoms with Crippen LogP contribution in [0, 0.1) is 5.82 Å². The zero-order valence-electron chi connectivity index (χ0n) is 14.3. The van der Waals surface area contributed by atoms with Gasteiger partial charge < -0.3 is 11.1 Å². The van der Waals surface area contributed by atoms with Crippen LogP contribution >= 0.6 is 0 Å². The number of nitrogens with one attached hydrogen (secondary N) is 1. The van der Waals surface area contributed by atoms with Gasteiger partial charge in [-0.15, -0.1) is 0 Å². The normalized spacial score (nSPS) is 10.8. The van der Waals surface area contributed by atoms with E-state index in [2.05, 4.69) is 16.9 Å². The van der Waals surface area contributed by atoms with Crippen molar-refractivity contribution in [3.8, 4) is 11.1 Å². The lowest BCUT2D eigenvalue weighted by Gasteiger charge is -2.09. The van der Waals surface area contributed by atoms with Crippen molar-refractivity contribution in [1.29, 1.82) is 0 Å². The number of halogens is 1. The minimum absolute atomic E-state index is 0.295. The minimum Gasteiger partial charge on any atom is -0.398 e. The molecule has 0 atom stereocenters. The Kier molecular flexibility index (Phi) is 5.44. The number of allylic oxidation sites excluding steroid dienone is 1. The van der Waals surface area contributed by atoms with Gasteiger partial charge in [0.2, 0.25) is 0 Å². The highest BCUT2D eigenvalue weighted by Crippen LogP contribution is 2.26. The van der Waals surface area contributed by atoms with Crippen LogP contribution in [0.2, 0.25) is 0 Å². The van der Waals surface area contributed by atoms with E-state index in [1.165, 1.54) is 12.1 Å². The lowest BCUT2D eigenvalue weighted by Crippen LogP contribution is -2.10. The van der Waals surface area contributed by atoms with Gasteiger partial charge in [-0.25, -0.2) is 4.39 Å². The maximum absolute atomic E-state index is 13.4. The number of anilines is 1. The molecule has 3 aromatic rings. The molecule has 1 heterocycles. The molecular formula is C22H20FN3. The number of rotatable bonds is 6. The summed E-state index contributed by atoms with van der Waals surface area (Å²) in [5.74, 6) is -0.295. The summed E-state index contributed by atoms with van der Waals surface area (Å²) >= 11 is 0. The molecular weight excluding hydrogens is 325 g/mol. The van der Waals surface area contributed by atoms with E-state index >= 15 is 0 Å². The van der Waals surface area contributed by atoms with Gasteiger partial charge in [0, 0.05) is 35.9 Å². The Morgan fingerprint density at radius 3 is 2.69 bits per heavy atom. The highest BCUT2D eigenvalue weighted by Gasteiger charge is 2.04. The molecule has 0 bridgehead atoms. The molecule has 0 saturated carbocycles. The van der Waals surface area contributed by atoms with Gasteiger partial charge in [-0.1, -0.05) is 43.0 Å². The van der Waals surface area contributed by atoms with Gasteiger partial charge in [0.05, 0.1) is 0 Å². The Balaban J connectivity index is 1.60. The van der Waals surface area contributed by atoms with Crippen LogP contribution in [-0.4, -0.2) is 4.98 Å². The Morgan fingerprint density at radius 2 is 1.96 bits per heavy atom. The van der Waals surface area contributed by atoms with Crippen molar-refractivity contribution < 1.29 is 4.39 Å². The number of nitrogens with two attached hydrogens (primary N) is 1. The SMILES string of the molecule is C=C(/C=C/c1cccnc1)NCc1ccc(-c2cc(F)ccc2N)cc1. The summed E-state index contributed by atoms with van der Waals surface area (Å²) in [6.45, 7) is 4.64. The monoisotopic (exact) mass is 345 g/mol. The molecule has 1 aromatic heterocycles. The van der Waals surface area contributed by atoms with E-state index < -0.39 is 0 Å². The second kappa shape index (κ2) is 8.12. The molecule has 4 heteroatoms. The van der Waals surface area contributed by atoms with E-state index in [1.807, 2.05) is 48.6 Å². The molecule has 0 aliphatic rings. The Morgan fingerprint density at radius 1 is 1.15 bits per heavy atom. The number of benzene rings is 2. The molecule has 0 fully saturated rings. The molecule has 0 aliphatic heterocycles. The molecule has 0 amide bonds. The first-order valence-corrected chi connectivity index (χ1v) is 8.27. The summed E-state index contributed by atoms with van der Waals surface area (Å²) in [5.41, 5.74) is 11.0. The van der Waals surface area contributed by atoms with Gasteiger partial charge in [0.25, 0.3) is 0 Å². The molecule has 3 nitrogen and oxygen atoms in total. The number of nitrogen functional groups attached to an aromatic ring is 1. The molecule has 0 unspecified atom stereocenters. The smallest absolute Gasteiger partial charge is 0.123 e. The van der Waals surface area contributed by atoms with E-state index in [4.69, 9.17) is 5.73 Å². The third-order valence-corrected chi connectivity index (χ3v) is 3.96. The number of pyridine rings is 1. The maximum Gasteiger partial charge on any atom is 0.123 e. The first kappa shape index (κ1) is 17.4. The average molecular weight is 345 g/mol. The Bertz CT molecular complexity index is 916. The number of nitrogens with zero attached hydrogens (tertiary/aromatic N) is 1. The summed E-state index contributed by atoms with van der Waals surface area (Å²) in [6, 6.07) is 16.1. The van der Waals surface area contributed by atoms with Crippen LogP contribution in [0.5, 0.6) is 0 Å². The second-order valence-corrected chi connectivity index (χ2v) is 5.93. The van der Waals surface area contributed by atoms with Gasteiger partial charge in [0.15, 0.2) is 0 Å². The first-order valence-electron chi connectivity index (χ1n) is 8.27. The zero-order valence-corrected chi connectivity index (χ0v) is 14.3. The fraction of sp³-hybridized carbons (Fsp3) is 0.0455. The summed E-state index contributed by atoms with van der Waals surface area (Å²) in [7, 11) is 0. The fourth-order valence-electron chi connectivity index (χ4n) is 2.53. The van der Waals surface area contributed by atoms with Crippen LogP contribution in [0.25, 0.3) is 17.2 Å². The van der Waals surface area contributed by atoms with Crippen molar-refractivity contribution >= 4 is 11.8 Å². The van der Waals surface area contributed by atoms with Gasteiger partial charge in [0.1, 0.15) is 5.82 Å². The standard InChI is InChI=1S/C22H20FN3/c1-16(4-5-17-3-2-12-25-14-17)26-15-18-6-8-19(9-7-18)21-13-20(23)10-11-22(21)24/h2-14,26H,1,15,24H2/b5-4+. The van der Waals surface area contributed by atoms with E-state index in [0.29, 0.717) is 17.8 Å². The van der Waals surface area contributed by atoms with Gasteiger partial charge in [-0.05, 0) is 47.0 Å². The first-order chi connectivity index (χ1) is 12.6. The van der Waals surface area contributed by atoms with Crippen LogP contribution in [0.15, 0.2) is 85.3 Å². The summed E-state index contributed by atoms with van der Waals surface area (Å²) in [4.78, 5) is 4.07. The Hall–Kier alpha value is -3.40. The predicted molar refractivity (Wildman–Crippen MR) is 105 cm³/mol. The van der Waals surface area contributed by atoms with E-state index in [1.54, 1.807) is 18.5 Å². The van der Waals surface area contributed by atoms with Gasteiger partial charge in [-0.3, -0.25) is 4.98 Å². The van der Waals surface area contributed by atoms with E-state index in [-0.39, 0.29) is 5.82 Å². The topological polar surface area (TPSA) is 50.9 Å². The van der Waals surface area contributed by atoms with Crippen molar-refractivity contribution in [2.24, 2.45) is 0 Å². The lowest BCUT2D eigenvalue weighted by atomic mass is 10.0. The molecule has 0 aliphatic carbocycles. The predicted octanol–water partition coefficient (Wildman–Crippen LogP) is 4.79. The maximum atomic E-state index is 13.4. The lowest BCUT2D eigenvalue weighted by molar-refractivity contribution is 0.628. The van der Waals surface area contributed by atoms with Crippen LogP contribution in [0.4, 0.5) is 10.1 Å². The third-order valence-electron chi connectivity index (χ3n) is 3.96. The van der Waals surface area contributed by atoms with E-state index in [0.717, 1.165) is 22.4 Å². The van der Waals surface area contributed by atoms with Crippen molar-refractivity contribution in [3.05, 3.63) is 102 Å². The molecule has 0 radical (unpaired) electrons. The largest absolute Gasteiger partial charge is 0.398 e. The molecule has 26 heavy (non-hydrogen) atoms. The zero-order chi connectivity index (χ0) is 18.4. The molecule has 0 spiro atoms. The molecule has 0 saturated heterocycles. The summed E-state index contributed by atoms with van der Waals surface area (Å²) in [6.07, 6.45) is 7.41. The second-order valence-electron chi connectivity index (χ2n) is 5.93. The number of aromatic nitrogens is 1. The van der Waals surface area contributed by atoms with Crippen LogP contribution in [0.1, 0.15) is 11.1 Å². The van der Waals surface area contributed by atoms with Crippen molar-refractivity contribution in [2.75, 3.05) is 5.73 Å². The van der Waals surface area contributed by atoms with Gasteiger partial charge in [-0.2, -0.15) is 0 Å². The van der Waals surface area contributed by atoms with Crippen molar-refractivity contribution in [1.82, 2.24) is 10.3 Å². The highest BCUT2D eigenvalue weighted by molar-refractivity contribution is 5.76. The van der Waals surface area contributed by atoms with Crippen molar-refractivity contribution in [3.63, 3.8) is 0 Å². The molecule has 3 rings (SSSR count). The van der Waals surface area contributed by atoms with Crippen LogP contribution in [0.3, 0.4) is 0 Å². The fourth-order valence-corrected chi connectivity index (χ4v) is 2.53. The summed E-state index contributed by atoms with van der Waals surface area (Å²) < 4.78 is 13.4. The number of hydrogen-bond acceptors (Lipinski definition) is 3. The third kappa shape index (κ3) is 4.57. The van der Waals surface area contributed by atoms with Crippen LogP contribution in [-0.2, 0) is 6.54 Å². The highest BCUT2D eigenvalue weighted by atomic mass is 19.1.